The third-order valence-electron chi connectivity index (χ3n) is 14.5. The molecule has 0 amide bonds. The Morgan fingerprint density at radius 3 is 1.97 bits per heavy atom. The molecule has 0 bridgehead atoms. The van der Waals surface area contributed by atoms with E-state index in [4.69, 9.17) is 0 Å². The highest BCUT2D eigenvalue weighted by molar-refractivity contribution is 5.22. The van der Waals surface area contributed by atoms with Gasteiger partial charge in [-0.25, -0.2) is 0 Å². The van der Waals surface area contributed by atoms with E-state index < -0.39 is 18.3 Å². The molecule has 17 unspecified atom stereocenters. The van der Waals surface area contributed by atoms with Crippen LogP contribution in [-0.4, -0.2) is 44.8 Å². The van der Waals surface area contributed by atoms with Gasteiger partial charge < -0.3 is 20.4 Å². The minimum atomic E-state index is -0.596. The van der Waals surface area contributed by atoms with Crippen molar-refractivity contribution in [1.29, 1.82) is 0 Å². The Balaban J connectivity index is 1.79. The molecular formula is C34H62O4. The molecule has 4 fully saturated rings. The topological polar surface area (TPSA) is 80.9 Å². The highest BCUT2D eigenvalue weighted by Crippen LogP contribution is 2.76. The van der Waals surface area contributed by atoms with Crippen LogP contribution in [0.15, 0.2) is 0 Å². The monoisotopic (exact) mass is 534 g/mol. The molecule has 4 aliphatic rings. The summed E-state index contributed by atoms with van der Waals surface area (Å²) < 4.78 is 0. The van der Waals surface area contributed by atoms with Crippen molar-refractivity contribution in [2.75, 3.05) is 0 Å². The maximum atomic E-state index is 12.4. The largest absolute Gasteiger partial charge is 0.393 e. The molecule has 4 heteroatoms. The highest BCUT2D eigenvalue weighted by atomic mass is 16.3. The lowest BCUT2D eigenvalue weighted by molar-refractivity contribution is -0.317. The quantitative estimate of drug-likeness (QED) is 0.329. The summed E-state index contributed by atoms with van der Waals surface area (Å²) in [5.74, 6) is 3.14. The predicted octanol–water partition coefficient (Wildman–Crippen LogP) is 6.39. The van der Waals surface area contributed by atoms with Gasteiger partial charge in [0.1, 0.15) is 0 Å². The number of hydrogen-bond acceptors (Lipinski definition) is 4. The molecule has 0 radical (unpaired) electrons. The maximum Gasteiger partial charge on any atom is 0.0657 e. The van der Waals surface area contributed by atoms with E-state index >= 15 is 0 Å². The zero-order valence-electron chi connectivity index (χ0n) is 26.5. The fraction of sp³-hybridized carbons (Fsp3) is 1.00. The molecule has 0 aromatic heterocycles. The van der Waals surface area contributed by atoms with Crippen molar-refractivity contribution in [2.24, 2.45) is 81.3 Å². The molecule has 4 rings (SSSR count). The molecule has 222 valence electrons. The van der Waals surface area contributed by atoms with E-state index in [2.05, 4.69) is 69.2 Å². The van der Waals surface area contributed by atoms with Crippen LogP contribution < -0.4 is 0 Å². The van der Waals surface area contributed by atoms with Crippen molar-refractivity contribution in [3.63, 3.8) is 0 Å². The Kier molecular flexibility index (Phi) is 8.33. The summed E-state index contributed by atoms with van der Waals surface area (Å²) in [6.45, 7) is 25.2. The van der Waals surface area contributed by atoms with Gasteiger partial charge in [-0.05, 0) is 103 Å². The Bertz CT molecular complexity index is 842. The minimum absolute atomic E-state index is 0.0658. The summed E-state index contributed by atoms with van der Waals surface area (Å²) in [6, 6.07) is 0. The van der Waals surface area contributed by atoms with Crippen molar-refractivity contribution >= 4 is 0 Å². The van der Waals surface area contributed by atoms with Crippen LogP contribution in [0.25, 0.3) is 0 Å². The standard InChI is InChI=1S/C34H62O4/c1-17(2)14-25(36)15-24-13-12-18(3)27-28(24)20(5)33(10)23(8)32(9)16-19(4)26(22(7)35)31(38)34(32,11)21(6)29(33)30(27)37/h17-31,35-38H,12-16H2,1-11H3. The van der Waals surface area contributed by atoms with E-state index in [1.54, 1.807) is 0 Å². The molecular weight excluding hydrogens is 472 g/mol. The van der Waals surface area contributed by atoms with Gasteiger partial charge in [0.15, 0.2) is 0 Å². The molecule has 17 atom stereocenters. The van der Waals surface area contributed by atoms with Crippen molar-refractivity contribution in [1.82, 2.24) is 0 Å². The smallest absolute Gasteiger partial charge is 0.0657 e. The summed E-state index contributed by atoms with van der Waals surface area (Å²) in [7, 11) is 0. The number of rotatable bonds is 5. The van der Waals surface area contributed by atoms with E-state index in [0.29, 0.717) is 35.5 Å². The Morgan fingerprint density at radius 2 is 1.42 bits per heavy atom. The Labute approximate surface area is 234 Å². The average Bonchev–Trinajstić information content (AvgIpc) is 2.79. The second-order valence-corrected chi connectivity index (χ2v) is 16.3. The first-order chi connectivity index (χ1) is 17.5. The van der Waals surface area contributed by atoms with E-state index in [0.717, 1.165) is 32.1 Å². The van der Waals surface area contributed by atoms with Crippen LogP contribution >= 0.6 is 0 Å². The van der Waals surface area contributed by atoms with E-state index in [1.807, 2.05) is 6.92 Å². The zero-order chi connectivity index (χ0) is 28.7. The van der Waals surface area contributed by atoms with Gasteiger partial charge in [-0.15, -0.1) is 0 Å². The molecule has 0 heterocycles. The fourth-order valence-corrected chi connectivity index (χ4v) is 12.3. The Hall–Kier alpha value is -0.160. The zero-order valence-corrected chi connectivity index (χ0v) is 26.5. The molecule has 0 saturated heterocycles. The van der Waals surface area contributed by atoms with Gasteiger partial charge in [-0.3, -0.25) is 0 Å². The van der Waals surface area contributed by atoms with Crippen LogP contribution in [0.2, 0.25) is 0 Å². The molecule has 38 heavy (non-hydrogen) atoms. The van der Waals surface area contributed by atoms with Gasteiger partial charge in [0.2, 0.25) is 0 Å². The van der Waals surface area contributed by atoms with Gasteiger partial charge in [0, 0.05) is 11.3 Å². The van der Waals surface area contributed by atoms with Gasteiger partial charge in [0.05, 0.1) is 24.4 Å². The third kappa shape index (κ3) is 4.11. The first kappa shape index (κ1) is 30.8. The predicted molar refractivity (Wildman–Crippen MR) is 155 cm³/mol. The van der Waals surface area contributed by atoms with Crippen molar-refractivity contribution in [3.8, 4) is 0 Å². The summed E-state index contributed by atoms with van der Waals surface area (Å²) in [5, 5.41) is 46.3. The maximum absolute atomic E-state index is 12.4. The van der Waals surface area contributed by atoms with Crippen LogP contribution in [-0.2, 0) is 0 Å². The normalized spacial score (nSPS) is 56.5. The fourth-order valence-electron chi connectivity index (χ4n) is 12.3. The molecule has 0 aliphatic heterocycles. The lowest BCUT2D eigenvalue weighted by atomic mass is 9.29. The first-order valence-corrected chi connectivity index (χ1v) is 16.2. The second-order valence-electron chi connectivity index (χ2n) is 16.3. The minimum Gasteiger partial charge on any atom is -0.393 e. The van der Waals surface area contributed by atoms with Crippen molar-refractivity contribution in [3.05, 3.63) is 0 Å². The number of aliphatic hydroxyl groups excluding tert-OH is 4. The third-order valence-corrected chi connectivity index (χ3v) is 14.5. The van der Waals surface area contributed by atoms with Crippen molar-refractivity contribution in [2.45, 2.75) is 133 Å². The number of fused-ring (bicyclic) bond motifs is 3. The summed E-state index contributed by atoms with van der Waals surface area (Å²) in [5.41, 5.74) is -0.553. The summed E-state index contributed by atoms with van der Waals surface area (Å²) >= 11 is 0. The second kappa shape index (κ2) is 10.3. The van der Waals surface area contributed by atoms with Crippen LogP contribution in [0, 0.1) is 81.3 Å². The molecule has 4 nitrogen and oxygen atoms in total. The lowest BCUT2D eigenvalue weighted by Crippen LogP contribution is -2.75. The van der Waals surface area contributed by atoms with Crippen LogP contribution in [0.1, 0.15) is 108 Å². The molecule has 4 N–H and O–H groups in total. The number of aliphatic hydroxyl groups is 4. The van der Waals surface area contributed by atoms with Gasteiger partial charge in [-0.1, -0.05) is 75.7 Å². The molecule has 0 aromatic rings. The molecule has 4 aliphatic carbocycles. The van der Waals surface area contributed by atoms with E-state index in [-0.39, 0.29) is 51.9 Å². The van der Waals surface area contributed by atoms with Crippen molar-refractivity contribution < 1.29 is 20.4 Å². The summed E-state index contributed by atoms with van der Waals surface area (Å²) in [6.07, 6.45) is 3.16. The first-order valence-electron chi connectivity index (χ1n) is 16.2. The van der Waals surface area contributed by atoms with Crippen LogP contribution in [0.5, 0.6) is 0 Å². The van der Waals surface area contributed by atoms with Gasteiger partial charge >= 0.3 is 0 Å². The summed E-state index contributed by atoms with van der Waals surface area (Å²) in [4.78, 5) is 0. The van der Waals surface area contributed by atoms with Gasteiger partial charge in [-0.2, -0.15) is 0 Å². The van der Waals surface area contributed by atoms with E-state index in [1.165, 1.54) is 0 Å². The lowest BCUT2D eigenvalue weighted by Gasteiger charge is -2.76. The van der Waals surface area contributed by atoms with E-state index in [9.17, 15) is 20.4 Å². The highest BCUT2D eigenvalue weighted by Gasteiger charge is 2.74. The molecule has 4 saturated carbocycles. The SMILES string of the molecule is CC(C)CC(O)CC1CCC(C)C2C(O)C3C(C)C4(C)C(O)C(C(C)O)C(C)CC4(C)C(C)C3(C)C(C)C12. The van der Waals surface area contributed by atoms with Gasteiger partial charge in [0.25, 0.3) is 0 Å². The van der Waals surface area contributed by atoms with Crippen LogP contribution in [0.4, 0.5) is 0 Å². The molecule has 0 aromatic carbocycles. The van der Waals surface area contributed by atoms with Crippen LogP contribution in [0.3, 0.4) is 0 Å². The average molecular weight is 535 g/mol. The molecule has 0 spiro atoms. The Morgan fingerprint density at radius 1 is 0.816 bits per heavy atom. The number of hydrogen-bond donors (Lipinski definition) is 4.